The largest absolute Gasteiger partial charge is 0.486 e. The van der Waals surface area contributed by atoms with E-state index < -0.39 is 10.0 Å². The van der Waals surface area contributed by atoms with Crippen molar-refractivity contribution in [2.24, 2.45) is 17.8 Å². The van der Waals surface area contributed by atoms with Crippen molar-refractivity contribution < 1.29 is 17.6 Å². The standard InChI is InChI=1S/C21H24N2O5S/c1-29(25,26)23-10-17-18(11-23)19(17)12-28-21-13-27-16(6-20(21)24)9-22-7-14-4-2-3-5-15(14)8-22/h2-6,13,17-19H,7-12H2,1H3/t17-,18+,19?. The Morgan fingerprint density at radius 1 is 1.14 bits per heavy atom. The fraction of sp³-hybridized carbons (Fsp3) is 0.476. The van der Waals surface area contributed by atoms with Crippen LogP contribution in [0.5, 0.6) is 5.75 Å². The van der Waals surface area contributed by atoms with Crippen LogP contribution in [0, 0.1) is 17.8 Å². The monoisotopic (exact) mass is 416 g/mol. The summed E-state index contributed by atoms with van der Waals surface area (Å²) >= 11 is 0. The molecule has 2 fully saturated rings. The van der Waals surface area contributed by atoms with Gasteiger partial charge in [-0.2, -0.15) is 0 Å². The van der Waals surface area contributed by atoms with E-state index in [1.54, 1.807) is 0 Å². The number of ether oxygens (including phenoxy) is 1. The lowest BCUT2D eigenvalue weighted by Gasteiger charge is -2.17. The van der Waals surface area contributed by atoms with E-state index >= 15 is 0 Å². The number of benzene rings is 1. The number of piperidine rings is 1. The molecule has 3 aliphatic rings. The molecule has 8 heteroatoms. The third kappa shape index (κ3) is 3.72. The maximum absolute atomic E-state index is 12.4. The molecule has 1 aliphatic carbocycles. The Labute approximate surface area is 169 Å². The molecule has 1 saturated carbocycles. The summed E-state index contributed by atoms with van der Waals surface area (Å²) < 4.78 is 36.1. The second kappa shape index (κ2) is 6.97. The van der Waals surface area contributed by atoms with Crippen LogP contribution >= 0.6 is 0 Å². The smallest absolute Gasteiger partial charge is 0.227 e. The van der Waals surface area contributed by atoms with Crippen molar-refractivity contribution in [3.05, 3.63) is 63.7 Å². The van der Waals surface area contributed by atoms with Crippen LogP contribution in [0.25, 0.3) is 0 Å². The highest BCUT2D eigenvalue weighted by atomic mass is 32.2. The van der Waals surface area contributed by atoms with Crippen LogP contribution in [0.4, 0.5) is 0 Å². The third-order valence-corrected chi connectivity index (χ3v) is 7.61. The van der Waals surface area contributed by atoms with Gasteiger partial charge in [0.25, 0.3) is 0 Å². The minimum atomic E-state index is -3.11. The van der Waals surface area contributed by atoms with Gasteiger partial charge >= 0.3 is 0 Å². The number of fused-ring (bicyclic) bond motifs is 2. The zero-order valence-electron chi connectivity index (χ0n) is 16.3. The van der Waals surface area contributed by atoms with Gasteiger partial charge in [-0.25, -0.2) is 12.7 Å². The lowest BCUT2D eigenvalue weighted by molar-refractivity contribution is 0.236. The summed E-state index contributed by atoms with van der Waals surface area (Å²) in [6.45, 7) is 3.84. The molecule has 1 saturated heterocycles. The van der Waals surface area contributed by atoms with Crippen molar-refractivity contribution >= 4 is 10.0 Å². The molecule has 0 spiro atoms. The third-order valence-electron chi connectivity index (χ3n) is 6.38. The van der Waals surface area contributed by atoms with Crippen LogP contribution in [-0.4, -0.2) is 43.6 Å². The highest BCUT2D eigenvalue weighted by molar-refractivity contribution is 7.88. The Morgan fingerprint density at radius 2 is 1.79 bits per heavy atom. The first-order chi connectivity index (χ1) is 13.9. The molecule has 0 bridgehead atoms. The molecule has 7 nitrogen and oxygen atoms in total. The molecule has 3 heterocycles. The van der Waals surface area contributed by atoms with Crippen molar-refractivity contribution in [3.8, 4) is 5.75 Å². The van der Waals surface area contributed by atoms with Gasteiger partial charge in [-0.1, -0.05) is 24.3 Å². The Balaban J connectivity index is 1.14. The summed E-state index contributed by atoms with van der Waals surface area (Å²) in [5.41, 5.74) is 2.46. The van der Waals surface area contributed by atoms with Crippen LogP contribution in [0.2, 0.25) is 0 Å². The number of hydrogen-bond donors (Lipinski definition) is 0. The lowest BCUT2D eigenvalue weighted by atomic mass is 10.1. The molecule has 3 atom stereocenters. The summed E-state index contributed by atoms with van der Waals surface area (Å²) in [7, 11) is -3.11. The molecule has 0 N–H and O–H groups in total. The average molecular weight is 416 g/mol. The van der Waals surface area contributed by atoms with Crippen LogP contribution in [-0.2, 0) is 29.7 Å². The van der Waals surface area contributed by atoms with Crippen molar-refractivity contribution in [2.45, 2.75) is 19.6 Å². The van der Waals surface area contributed by atoms with Crippen molar-refractivity contribution in [2.75, 3.05) is 26.0 Å². The van der Waals surface area contributed by atoms with Crippen LogP contribution in [0.1, 0.15) is 16.9 Å². The van der Waals surface area contributed by atoms with Crippen LogP contribution in [0.3, 0.4) is 0 Å². The minimum Gasteiger partial charge on any atom is -0.486 e. The maximum Gasteiger partial charge on any atom is 0.227 e. The fourth-order valence-electron chi connectivity index (χ4n) is 4.68. The normalized spacial score (nSPS) is 26.3. The molecule has 2 aliphatic heterocycles. The molecular weight excluding hydrogens is 392 g/mol. The summed E-state index contributed by atoms with van der Waals surface area (Å²) in [5, 5.41) is 0. The molecule has 2 aromatic rings. The fourth-order valence-corrected chi connectivity index (χ4v) is 5.56. The summed E-state index contributed by atoms with van der Waals surface area (Å²) in [5.74, 6) is 1.85. The van der Waals surface area contributed by atoms with E-state index in [9.17, 15) is 13.2 Å². The van der Waals surface area contributed by atoms with E-state index in [1.165, 1.54) is 34.0 Å². The first-order valence-electron chi connectivity index (χ1n) is 9.87. The molecule has 0 radical (unpaired) electrons. The van der Waals surface area contributed by atoms with Crippen LogP contribution < -0.4 is 10.2 Å². The van der Waals surface area contributed by atoms with E-state index in [1.807, 2.05) is 12.1 Å². The zero-order valence-corrected chi connectivity index (χ0v) is 17.1. The highest BCUT2D eigenvalue weighted by Crippen LogP contribution is 2.52. The van der Waals surface area contributed by atoms with E-state index in [2.05, 4.69) is 17.0 Å². The van der Waals surface area contributed by atoms with Crippen molar-refractivity contribution in [3.63, 3.8) is 0 Å². The number of hydrogen-bond acceptors (Lipinski definition) is 6. The number of rotatable bonds is 6. The molecule has 29 heavy (non-hydrogen) atoms. The van der Waals surface area contributed by atoms with Gasteiger partial charge in [-0.3, -0.25) is 9.69 Å². The van der Waals surface area contributed by atoms with E-state index in [-0.39, 0.29) is 11.2 Å². The van der Waals surface area contributed by atoms with Crippen molar-refractivity contribution in [1.29, 1.82) is 0 Å². The van der Waals surface area contributed by atoms with Crippen LogP contribution in [0.15, 0.2) is 45.8 Å². The Bertz CT molecular complexity index is 1060. The minimum absolute atomic E-state index is 0.175. The van der Waals surface area contributed by atoms with Gasteiger partial charge < -0.3 is 9.15 Å². The quantitative estimate of drug-likeness (QED) is 0.713. The van der Waals surface area contributed by atoms with Gasteiger partial charge in [-0.15, -0.1) is 0 Å². The molecule has 1 aromatic carbocycles. The second-order valence-electron chi connectivity index (χ2n) is 8.37. The SMILES string of the molecule is CS(=O)(=O)N1C[C@@H]2C(COc3coc(CN4Cc5ccccc5C4)cc3=O)[C@@H]2C1. The first-order valence-corrected chi connectivity index (χ1v) is 11.7. The summed E-state index contributed by atoms with van der Waals surface area (Å²) in [6.07, 6.45) is 2.65. The lowest BCUT2D eigenvalue weighted by Crippen LogP contribution is -2.31. The predicted molar refractivity (Wildman–Crippen MR) is 107 cm³/mol. The Hall–Kier alpha value is -2.16. The van der Waals surface area contributed by atoms with E-state index in [4.69, 9.17) is 9.15 Å². The van der Waals surface area contributed by atoms with Gasteiger partial charge in [0, 0.05) is 38.2 Å². The average Bonchev–Trinajstić information content (AvgIpc) is 3.01. The Kier molecular flexibility index (Phi) is 4.53. The molecule has 154 valence electrons. The van der Waals surface area contributed by atoms with Gasteiger partial charge in [0.15, 0.2) is 0 Å². The predicted octanol–water partition coefficient (Wildman–Crippen LogP) is 1.67. The van der Waals surface area contributed by atoms with E-state index in [0.29, 0.717) is 49.8 Å². The second-order valence-corrected chi connectivity index (χ2v) is 10.4. The summed E-state index contributed by atoms with van der Waals surface area (Å²) in [4.78, 5) is 14.6. The topological polar surface area (TPSA) is 80.1 Å². The molecule has 5 rings (SSSR count). The number of sulfonamides is 1. The molecule has 1 aromatic heterocycles. The first kappa shape index (κ1) is 18.8. The molecule has 1 unspecified atom stereocenters. The maximum atomic E-state index is 12.4. The van der Waals surface area contributed by atoms with Gasteiger partial charge in [0.2, 0.25) is 21.2 Å². The van der Waals surface area contributed by atoms with Gasteiger partial charge in [0.1, 0.15) is 12.0 Å². The van der Waals surface area contributed by atoms with Crippen molar-refractivity contribution in [1.82, 2.24) is 9.21 Å². The summed E-state index contributed by atoms with van der Waals surface area (Å²) in [6, 6.07) is 9.86. The van der Waals surface area contributed by atoms with E-state index in [0.717, 1.165) is 13.1 Å². The van der Waals surface area contributed by atoms with Gasteiger partial charge in [-0.05, 0) is 23.0 Å². The number of nitrogens with zero attached hydrogens (tertiary/aromatic N) is 2. The Morgan fingerprint density at radius 3 is 2.38 bits per heavy atom. The molecule has 0 amide bonds. The van der Waals surface area contributed by atoms with Gasteiger partial charge in [0.05, 0.1) is 19.4 Å². The molecular formula is C21H24N2O5S. The zero-order chi connectivity index (χ0) is 20.2. The highest BCUT2D eigenvalue weighted by Gasteiger charge is 2.57.